The summed E-state index contributed by atoms with van der Waals surface area (Å²) < 4.78 is 0. The van der Waals surface area contributed by atoms with Crippen LogP contribution in [0.5, 0.6) is 0 Å². The number of aromatic carboxylic acids is 1. The van der Waals surface area contributed by atoms with Gasteiger partial charge >= 0.3 is 5.97 Å². The topological polar surface area (TPSA) is 66.6 Å². The van der Waals surface area contributed by atoms with E-state index in [1.54, 1.807) is 12.1 Å². The van der Waals surface area contributed by atoms with Crippen LogP contribution in [0, 0.1) is 5.92 Å². The summed E-state index contributed by atoms with van der Waals surface area (Å²) in [4.78, 5) is 13.2. The summed E-state index contributed by atoms with van der Waals surface area (Å²) in [6, 6.07) is 5.03. The maximum Gasteiger partial charge on any atom is 0.335 e. The molecule has 0 aromatic heterocycles. The number of anilines is 2. The fraction of sp³-hybridized carbons (Fsp3) is 0.533. The average molecular weight is 262 g/mol. The molecule has 0 aliphatic carbocycles. The van der Waals surface area contributed by atoms with Gasteiger partial charge in [-0.2, -0.15) is 0 Å². The minimum absolute atomic E-state index is 0.252. The third kappa shape index (κ3) is 3.19. The Morgan fingerprint density at radius 3 is 2.84 bits per heavy atom. The minimum atomic E-state index is -0.930. The quantitative estimate of drug-likeness (QED) is 0.822. The molecule has 1 saturated heterocycles. The Labute approximate surface area is 114 Å². The molecule has 4 heteroatoms. The molecule has 0 amide bonds. The second-order valence-electron chi connectivity index (χ2n) is 5.27. The van der Waals surface area contributed by atoms with Crippen molar-refractivity contribution in [3.05, 3.63) is 23.8 Å². The summed E-state index contributed by atoms with van der Waals surface area (Å²) in [7, 11) is 0. The second-order valence-corrected chi connectivity index (χ2v) is 5.27. The Hall–Kier alpha value is -1.71. The van der Waals surface area contributed by atoms with E-state index >= 15 is 0 Å². The lowest BCUT2D eigenvalue weighted by Gasteiger charge is -2.24. The third-order valence-electron chi connectivity index (χ3n) is 4.04. The number of carbonyl (C=O) groups is 1. The standard InChI is InChI=1S/C15H22N2O2/c1-2-11-4-3-8-17(9-7-11)14-6-5-12(15(18)19)10-13(14)16/h5-6,10-11H,2-4,7-9,16H2,1H3,(H,18,19). The second kappa shape index (κ2) is 5.95. The number of nitrogens with zero attached hydrogens (tertiary/aromatic N) is 1. The number of carboxylic acid groups (broad SMARTS) is 1. The third-order valence-corrected chi connectivity index (χ3v) is 4.04. The summed E-state index contributed by atoms with van der Waals surface area (Å²) in [5, 5.41) is 8.95. The summed E-state index contributed by atoms with van der Waals surface area (Å²) in [5.41, 5.74) is 7.79. The first-order valence-corrected chi connectivity index (χ1v) is 6.99. The molecule has 0 bridgehead atoms. The fourth-order valence-corrected chi connectivity index (χ4v) is 2.79. The van der Waals surface area contributed by atoms with Crippen molar-refractivity contribution in [2.24, 2.45) is 5.92 Å². The smallest absolute Gasteiger partial charge is 0.335 e. The van der Waals surface area contributed by atoms with Crippen molar-refractivity contribution in [3.8, 4) is 0 Å². The minimum Gasteiger partial charge on any atom is -0.478 e. The fourth-order valence-electron chi connectivity index (χ4n) is 2.79. The Morgan fingerprint density at radius 2 is 2.21 bits per heavy atom. The highest BCUT2D eigenvalue weighted by Gasteiger charge is 2.18. The van der Waals surface area contributed by atoms with Crippen LogP contribution in [0.2, 0.25) is 0 Å². The molecular weight excluding hydrogens is 240 g/mol. The van der Waals surface area contributed by atoms with Crippen molar-refractivity contribution >= 4 is 17.3 Å². The Balaban J connectivity index is 2.15. The molecule has 4 nitrogen and oxygen atoms in total. The maximum atomic E-state index is 10.9. The molecule has 0 saturated carbocycles. The molecule has 1 unspecified atom stereocenters. The van der Waals surface area contributed by atoms with Crippen molar-refractivity contribution in [2.45, 2.75) is 32.6 Å². The van der Waals surface area contributed by atoms with Gasteiger partial charge in [-0.25, -0.2) is 4.79 Å². The van der Waals surface area contributed by atoms with Gasteiger partial charge in [0.05, 0.1) is 16.9 Å². The Kier molecular flexibility index (Phi) is 4.30. The maximum absolute atomic E-state index is 10.9. The van der Waals surface area contributed by atoms with Gasteiger partial charge in [-0.05, 0) is 43.4 Å². The molecular formula is C15H22N2O2. The number of nitrogen functional groups attached to an aromatic ring is 1. The molecule has 0 radical (unpaired) electrons. The van der Waals surface area contributed by atoms with Gasteiger partial charge in [-0.3, -0.25) is 0 Å². The molecule has 3 N–H and O–H groups in total. The van der Waals surface area contributed by atoms with E-state index in [-0.39, 0.29) is 5.56 Å². The van der Waals surface area contributed by atoms with Crippen LogP contribution in [0.4, 0.5) is 11.4 Å². The van der Waals surface area contributed by atoms with E-state index in [0.717, 1.165) is 24.7 Å². The highest BCUT2D eigenvalue weighted by Crippen LogP contribution is 2.29. The molecule has 1 fully saturated rings. The summed E-state index contributed by atoms with van der Waals surface area (Å²) >= 11 is 0. The molecule has 104 valence electrons. The average Bonchev–Trinajstić information content (AvgIpc) is 2.63. The molecule has 1 atom stereocenters. The van der Waals surface area contributed by atoms with E-state index in [1.165, 1.54) is 25.7 Å². The highest BCUT2D eigenvalue weighted by molar-refractivity contribution is 5.90. The van der Waals surface area contributed by atoms with Crippen LogP contribution < -0.4 is 10.6 Å². The molecule has 19 heavy (non-hydrogen) atoms. The lowest BCUT2D eigenvalue weighted by atomic mass is 9.98. The van der Waals surface area contributed by atoms with Crippen LogP contribution in [-0.4, -0.2) is 24.2 Å². The molecule has 1 aromatic rings. The number of hydrogen-bond donors (Lipinski definition) is 2. The first kappa shape index (κ1) is 13.7. The van der Waals surface area contributed by atoms with E-state index in [1.807, 2.05) is 6.07 Å². The Morgan fingerprint density at radius 1 is 1.42 bits per heavy atom. The van der Waals surface area contributed by atoms with E-state index in [9.17, 15) is 4.79 Å². The van der Waals surface area contributed by atoms with Gasteiger partial charge in [-0.1, -0.05) is 13.3 Å². The Bertz CT molecular complexity index is 459. The molecule has 1 aliphatic heterocycles. The highest BCUT2D eigenvalue weighted by atomic mass is 16.4. The predicted octanol–water partition coefficient (Wildman–Crippen LogP) is 2.98. The lowest BCUT2D eigenvalue weighted by molar-refractivity contribution is 0.0697. The summed E-state index contributed by atoms with van der Waals surface area (Å²) in [6.07, 6.45) is 4.89. The van der Waals surface area contributed by atoms with Gasteiger partial charge in [0.15, 0.2) is 0 Å². The molecule has 2 rings (SSSR count). The van der Waals surface area contributed by atoms with Gasteiger partial charge in [0.1, 0.15) is 0 Å². The number of rotatable bonds is 3. The normalized spacial score (nSPS) is 20.1. The van der Waals surface area contributed by atoms with Crippen LogP contribution in [0.15, 0.2) is 18.2 Å². The first-order valence-electron chi connectivity index (χ1n) is 6.99. The van der Waals surface area contributed by atoms with Crippen LogP contribution in [0.3, 0.4) is 0 Å². The summed E-state index contributed by atoms with van der Waals surface area (Å²) in [6.45, 7) is 4.26. The zero-order valence-corrected chi connectivity index (χ0v) is 11.4. The number of carboxylic acids is 1. The van der Waals surface area contributed by atoms with Crippen LogP contribution in [0.1, 0.15) is 43.0 Å². The van der Waals surface area contributed by atoms with Gasteiger partial charge < -0.3 is 15.7 Å². The van der Waals surface area contributed by atoms with Crippen molar-refractivity contribution in [3.63, 3.8) is 0 Å². The van der Waals surface area contributed by atoms with Crippen LogP contribution in [-0.2, 0) is 0 Å². The van der Waals surface area contributed by atoms with Crippen molar-refractivity contribution in [1.82, 2.24) is 0 Å². The lowest BCUT2D eigenvalue weighted by Crippen LogP contribution is -2.25. The number of nitrogens with two attached hydrogens (primary N) is 1. The van der Waals surface area contributed by atoms with E-state index in [2.05, 4.69) is 11.8 Å². The van der Waals surface area contributed by atoms with Gasteiger partial charge in [0, 0.05) is 13.1 Å². The largest absolute Gasteiger partial charge is 0.478 e. The monoisotopic (exact) mass is 262 g/mol. The molecule has 1 heterocycles. The van der Waals surface area contributed by atoms with Crippen LogP contribution >= 0.6 is 0 Å². The van der Waals surface area contributed by atoms with Crippen molar-refractivity contribution < 1.29 is 9.90 Å². The number of benzene rings is 1. The SMILES string of the molecule is CCC1CCCN(c2ccc(C(=O)O)cc2N)CC1. The van der Waals surface area contributed by atoms with E-state index in [0.29, 0.717) is 5.69 Å². The van der Waals surface area contributed by atoms with Gasteiger partial charge in [-0.15, -0.1) is 0 Å². The molecule has 1 aliphatic rings. The van der Waals surface area contributed by atoms with Gasteiger partial charge in [0.2, 0.25) is 0 Å². The zero-order valence-electron chi connectivity index (χ0n) is 11.4. The molecule has 1 aromatic carbocycles. The molecule has 0 spiro atoms. The summed E-state index contributed by atoms with van der Waals surface area (Å²) in [5.74, 6) is -0.121. The number of hydrogen-bond acceptors (Lipinski definition) is 3. The first-order chi connectivity index (χ1) is 9.11. The van der Waals surface area contributed by atoms with Crippen molar-refractivity contribution in [1.29, 1.82) is 0 Å². The zero-order chi connectivity index (χ0) is 13.8. The predicted molar refractivity (Wildman–Crippen MR) is 77.7 cm³/mol. The van der Waals surface area contributed by atoms with Crippen molar-refractivity contribution in [2.75, 3.05) is 23.7 Å². The van der Waals surface area contributed by atoms with E-state index in [4.69, 9.17) is 10.8 Å². The van der Waals surface area contributed by atoms with E-state index < -0.39 is 5.97 Å². The van der Waals surface area contributed by atoms with Crippen LogP contribution in [0.25, 0.3) is 0 Å². The van der Waals surface area contributed by atoms with Gasteiger partial charge in [0.25, 0.3) is 0 Å².